The van der Waals surface area contributed by atoms with Gasteiger partial charge in [-0.05, 0) is 56.2 Å². The molecule has 1 aliphatic carbocycles. The van der Waals surface area contributed by atoms with E-state index in [1.807, 2.05) is 6.07 Å². The monoisotopic (exact) mass is 260 g/mol. The number of hydrogen-bond acceptors (Lipinski definition) is 2. The molecule has 1 aromatic carbocycles. The number of rotatable bonds is 5. The van der Waals surface area contributed by atoms with Crippen molar-refractivity contribution >= 4 is 11.4 Å². The van der Waals surface area contributed by atoms with Gasteiger partial charge in [-0.15, -0.1) is 0 Å². The van der Waals surface area contributed by atoms with Gasteiger partial charge in [0.1, 0.15) is 0 Å². The lowest BCUT2D eigenvalue weighted by molar-refractivity contribution is 0.308. The fourth-order valence-electron chi connectivity index (χ4n) is 3.33. The summed E-state index contributed by atoms with van der Waals surface area (Å²) in [7, 11) is 0. The summed E-state index contributed by atoms with van der Waals surface area (Å²) in [6, 6.07) is 9.09. The van der Waals surface area contributed by atoms with Gasteiger partial charge in [-0.25, -0.2) is 0 Å². The molecule has 0 radical (unpaired) electrons. The average molecular weight is 260 g/mol. The Balaban J connectivity index is 2.08. The first-order chi connectivity index (χ1) is 9.24. The van der Waals surface area contributed by atoms with Crippen LogP contribution in [0.2, 0.25) is 0 Å². The third-order valence-electron chi connectivity index (χ3n) is 4.50. The molecular weight excluding hydrogens is 232 g/mol. The molecule has 0 atom stereocenters. The van der Waals surface area contributed by atoms with E-state index in [1.54, 1.807) is 0 Å². The normalized spacial score (nSPS) is 23.3. The van der Waals surface area contributed by atoms with Crippen LogP contribution in [0.1, 0.15) is 52.4 Å². The number of anilines is 2. The van der Waals surface area contributed by atoms with Gasteiger partial charge in [0.25, 0.3) is 0 Å². The first-order valence-corrected chi connectivity index (χ1v) is 7.86. The van der Waals surface area contributed by atoms with Crippen LogP contribution >= 0.6 is 0 Å². The minimum atomic E-state index is 0.713. The molecule has 0 saturated heterocycles. The number of hydrogen-bond donors (Lipinski definition) is 1. The van der Waals surface area contributed by atoms with Crippen molar-refractivity contribution in [1.29, 1.82) is 0 Å². The highest BCUT2D eigenvalue weighted by Crippen LogP contribution is 2.32. The summed E-state index contributed by atoms with van der Waals surface area (Å²) < 4.78 is 0. The summed E-state index contributed by atoms with van der Waals surface area (Å²) in [5, 5.41) is 0. The van der Waals surface area contributed by atoms with Gasteiger partial charge in [-0.2, -0.15) is 0 Å². The molecule has 2 heteroatoms. The second-order valence-corrected chi connectivity index (χ2v) is 5.87. The SMILES string of the molecule is CCCN(c1cccc(N)c1)C1CCC(CC)CC1. The van der Waals surface area contributed by atoms with Crippen molar-refractivity contribution in [2.45, 2.75) is 58.4 Å². The summed E-state index contributed by atoms with van der Waals surface area (Å²) in [5.74, 6) is 0.959. The zero-order valence-electron chi connectivity index (χ0n) is 12.4. The molecule has 2 nitrogen and oxygen atoms in total. The van der Waals surface area contributed by atoms with E-state index >= 15 is 0 Å². The molecule has 1 aromatic rings. The molecule has 0 bridgehead atoms. The van der Waals surface area contributed by atoms with E-state index in [0.29, 0.717) is 6.04 Å². The Morgan fingerprint density at radius 1 is 1.16 bits per heavy atom. The van der Waals surface area contributed by atoms with Crippen molar-refractivity contribution in [2.24, 2.45) is 5.92 Å². The van der Waals surface area contributed by atoms with E-state index in [1.165, 1.54) is 44.2 Å². The molecule has 0 aromatic heterocycles. The minimum absolute atomic E-state index is 0.713. The zero-order chi connectivity index (χ0) is 13.7. The van der Waals surface area contributed by atoms with Crippen LogP contribution in [0.4, 0.5) is 11.4 Å². The lowest BCUT2D eigenvalue weighted by Crippen LogP contribution is -2.38. The number of benzene rings is 1. The first-order valence-electron chi connectivity index (χ1n) is 7.86. The van der Waals surface area contributed by atoms with Crippen LogP contribution in [0.25, 0.3) is 0 Å². The van der Waals surface area contributed by atoms with Gasteiger partial charge < -0.3 is 10.6 Å². The summed E-state index contributed by atoms with van der Waals surface area (Å²) in [6.45, 7) is 5.73. The third kappa shape index (κ3) is 3.65. The first kappa shape index (κ1) is 14.2. The smallest absolute Gasteiger partial charge is 0.0389 e. The molecule has 1 saturated carbocycles. The lowest BCUT2D eigenvalue weighted by Gasteiger charge is -2.38. The Labute approximate surface area is 118 Å². The summed E-state index contributed by atoms with van der Waals surface area (Å²) in [5.41, 5.74) is 8.12. The van der Waals surface area contributed by atoms with Crippen LogP contribution in [0.5, 0.6) is 0 Å². The quantitative estimate of drug-likeness (QED) is 0.792. The Kier molecular flexibility index (Phi) is 5.12. The molecule has 2 N–H and O–H groups in total. The Bertz CT molecular complexity index is 381. The van der Waals surface area contributed by atoms with Gasteiger partial charge in [0.15, 0.2) is 0 Å². The maximum atomic E-state index is 5.94. The predicted molar refractivity (Wildman–Crippen MR) is 84.5 cm³/mol. The standard InChI is InChI=1S/C17H28N2/c1-3-12-19(17-7-5-6-15(18)13-17)16-10-8-14(4-2)9-11-16/h5-7,13-14,16H,3-4,8-12,18H2,1-2H3. The molecule has 0 amide bonds. The van der Waals surface area contributed by atoms with Crippen molar-refractivity contribution in [3.05, 3.63) is 24.3 Å². The Morgan fingerprint density at radius 2 is 1.89 bits per heavy atom. The summed E-state index contributed by atoms with van der Waals surface area (Å²) in [6.07, 6.45) is 8.01. The predicted octanol–water partition coefficient (Wildman–Crippen LogP) is 4.45. The number of nitrogens with zero attached hydrogens (tertiary/aromatic N) is 1. The molecule has 1 aliphatic rings. The summed E-state index contributed by atoms with van der Waals surface area (Å²) >= 11 is 0. The van der Waals surface area contributed by atoms with Crippen molar-refractivity contribution < 1.29 is 0 Å². The highest BCUT2D eigenvalue weighted by molar-refractivity contribution is 5.56. The lowest BCUT2D eigenvalue weighted by atomic mass is 9.83. The summed E-state index contributed by atoms with van der Waals surface area (Å²) in [4.78, 5) is 2.59. The van der Waals surface area contributed by atoms with Gasteiger partial charge in [-0.1, -0.05) is 26.3 Å². The van der Waals surface area contributed by atoms with Crippen LogP contribution < -0.4 is 10.6 Å². The fraction of sp³-hybridized carbons (Fsp3) is 0.647. The molecule has 2 rings (SSSR count). The van der Waals surface area contributed by atoms with Crippen LogP contribution in [-0.4, -0.2) is 12.6 Å². The van der Waals surface area contributed by atoms with Crippen molar-refractivity contribution in [3.63, 3.8) is 0 Å². The molecule has 0 spiro atoms. The molecule has 0 unspecified atom stereocenters. The molecular formula is C17H28N2. The van der Waals surface area contributed by atoms with Gasteiger partial charge >= 0.3 is 0 Å². The van der Waals surface area contributed by atoms with Gasteiger partial charge in [0.05, 0.1) is 0 Å². The van der Waals surface area contributed by atoms with Crippen molar-refractivity contribution in [2.75, 3.05) is 17.2 Å². The van der Waals surface area contributed by atoms with Gasteiger partial charge in [0, 0.05) is 24.0 Å². The van der Waals surface area contributed by atoms with Crippen molar-refractivity contribution in [3.8, 4) is 0 Å². The van der Waals surface area contributed by atoms with Gasteiger partial charge in [-0.3, -0.25) is 0 Å². The van der Waals surface area contributed by atoms with E-state index in [2.05, 4.69) is 36.9 Å². The molecule has 19 heavy (non-hydrogen) atoms. The van der Waals surface area contributed by atoms with Crippen molar-refractivity contribution in [1.82, 2.24) is 0 Å². The molecule has 0 heterocycles. The van der Waals surface area contributed by atoms with E-state index in [9.17, 15) is 0 Å². The van der Waals surface area contributed by atoms with Crippen LogP contribution in [0, 0.1) is 5.92 Å². The second kappa shape index (κ2) is 6.83. The highest BCUT2D eigenvalue weighted by atomic mass is 15.2. The maximum absolute atomic E-state index is 5.94. The maximum Gasteiger partial charge on any atom is 0.0389 e. The van der Waals surface area contributed by atoms with E-state index in [-0.39, 0.29) is 0 Å². The molecule has 1 fully saturated rings. The van der Waals surface area contributed by atoms with Crippen LogP contribution in [0.3, 0.4) is 0 Å². The topological polar surface area (TPSA) is 29.3 Å². The second-order valence-electron chi connectivity index (χ2n) is 5.87. The largest absolute Gasteiger partial charge is 0.399 e. The van der Waals surface area contributed by atoms with E-state index in [4.69, 9.17) is 5.73 Å². The van der Waals surface area contributed by atoms with Crippen LogP contribution in [-0.2, 0) is 0 Å². The Hall–Kier alpha value is -1.18. The van der Waals surface area contributed by atoms with Crippen LogP contribution in [0.15, 0.2) is 24.3 Å². The number of nitrogen functional groups attached to an aromatic ring is 1. The highest BCUT2D eigenvalue weighted by Gasteiger charge is 2.24. The van der Waals surface area contributed by atoms with E-state index in [0.717, 1.165) is 18.2 Å². The third-order valence-corrected chi connectivity index (χ3v) is 4.50. The fourth-order valence-corrected chi connectivity index (χ4v) is 3.33. The van der Waals surface area contributed by atoms with E-state index < -0.39 is 0 Å². The molecule has 0 aliphatic heterocycles. The van der Waals surface area contributed by atoms with Gasteiger partial charge in [0.2, 0.25) is 0 Å². The zero-order valence-corrected chi connectivity index (χ0v) is 12.4. The molecule has 106 valence electrons. The Morgan fingerprint density at radius 3 is 2.47 bits per heavy atom. The number of nitrogens with two attached hydrogens (primary N) is 1. The average Bonchev–Trinajstić information content (AvgIpc) is 2.45. The minimum Gasteiger partial charge on any atom is -0.399 e.